The number of amides is 3. The lowest BCUT2D eigenvalue weighted by Crippen LogP contribution is -2.52. The van der Waals surface area contributed by atoms with Gasteiger partial charge in [0.2, 0.25) is 5.91 Å². The third-order valence-electron chi connectivity index (χ3n) is 4.29. The molecule has 108 valence electrons. The van der Waals surface area contributed by atoms with Crippen LogP contribution in [0.3, 0.4) is 0 Å². The molecule has 1 unspecified atom stereocenters. The van der Waals surface area contributed by atoms with Crippen LogP contribution in [0.5, 0.6) is 0 Å². The van der Waals surface area contributed by atoms with Gasteiger partial charge >= 0.3 is 6.03 Å². The molecule has 0 aromatic heterocycles. The zero-order chi connectivity index (χ0) is 13.9. The van der Waals surface area contributed by atoms with Gasteiger partial charge in [-0.05, 0) is 38.0 Å². The van der Waals surface area contributed by atoms with Crippen LogP contribution in [-0.4, -0.2) is 42.0 Å². The highest BCUT2D eigenvalue weighted by molar-refractivity contribution is 5.77. The van der Waals surface area contributed by atoms with Crippen molar-refractivity contribution in [3.05, 3.63) is 0 Å². The van der Waals surface area contributed by atoms with E-state index >= 15 is 0 Å². The second kappa shape index (κ2) is 5.77. The largest absolute Gasteiger partial charge is 0.352 e. The number of likely N-dealkylation sites (tertiary alicyclic amines) is 1. The molecular formula is C13H24N4O2. The molecule has 5 N–H and O–H groups in total. The van der Waals surface area contributed by atoms with E-state index in [1.165, 1.54) is 0 Å². The lowest BCUT2D eigenvalue weighted by molar-refractivity contribution is -0.135. The number of urea groups is 1. The predicted octanol–water partition coefficient (Wildman–Crippen LogP) is 0.165. The molecule has 1 aliphatic heterocycles. The van der Waals surface area contributed by atoms with E-state index in [0.717, 1.165) is 38.6 Å². The van der Waals surface area contributed by atoms with Crippen molar-refractivity contribution >= 4 is 11.9 Å². The van der Waals surface area contributed by atoms with Gasteiger partial charge < -0.3 is 21.7 Å². The van der Waals surface area contributed by atoms with Crippen LogP contribution in [0.25, 0.3) is 0 Å². The molecule has 1 saturated heterocycles. The molecule has 2 rings (SSSR count). The fourth-order valence-electron chi connectivity index (χ4n) is 2.92. The second-order valence-corrected chi connectivity index (χ2v) is 5.99. The van der Waals surface area contributed by atoms with Gasteiger partial charge in [-0.15, -0.1) is 0 Å². The van der Waals surface area contributed by atoms with E-state index in [1.807, 2.05) is 4.90 Å². The van der Waals surface area contributed by atoms with Gasteiger partial charge in [-0.25, -0.2) is 4.79 Å². The molecular weight excluding hydrogens is 244 g/mol. The smallest absolute Gasteiger partial charge is 0.312 e. The van der Waals surface area contributed by atoms with Crippen LogP contribution in [0.4, 0.5) is 4.79 Å². The van der Waals surface area contributed by atoms with Crippen LogP contribution in [0.1, 0.15) is 38.5 Å². The number of nitrogens with one attached hydrogen (secondary N) is 1. The average molecular weight is 268 g/mol. The maximum Gasteiger partial charge on any atom is 0.312 e. The number of carbonyl (C=O) groups excluding carboxylic acids is 2. The van der Waals surface area contributed by atoms with Crippen LogP contribution in [0.2, 0.25) is 0 Å². The lowest BCUT2D eigenvalue weighted by Gasteiger charge is -2.40. The monoisotopic (exact) mass is 268 g/mol. The van der Waals surface area contributed by atoms with E-state index in [4.69, 9.17) is 11.5 Å². The fraction of sp³-hybridized carbons (Fsp3) is 0.846. The molecule has 2 fully saturated rings. The molecule has 1 heterocycles. The molecule has 3 amide bonds. The van der Waals surface area contributed by atoms with Crippen molar-refractivity contribution in [2.75, 3.05) is 19.6 Å². The van der Waals surface area contributed by atoms with Crippen molar-refractivity contribution in [1.29, 1.82) is 0 Å². The van der Waals surface area contributed by atoms with Crippen LogP contribution in [0.15, 0.2) is 0 Å². The van der Waals surface area contributed by atoms with E-state index in [-0.39, 0.29) is 11.4 Å². The minimum absolute atomic E-state index is 0.158. The van der Waals surface area contributed by atoms with Gasteiger partial charge in [0.05, 0.1) is 0 Å². The molecule has 1 saturated carbocycles. The quantitative estimate of drug-likeness (QED) is 0.677. The predicted molar refractivity (Wildman–Crippen MR) is 72.3 cm³/mol. The Balaban J connectivity index is 1.79. The van der Waals surface area contributed by atoms with Crippen molar-refractivity contribution in [2.45, 2.75) is 44.1 Å². The zero-order valence-corrected chi connectivity index (χ0v) is 11.4. The second-order valence-electron chi connectivity index (χ2n) is 5.99. The molecule has 0 radical (unpaired) electrons. The average Bonchev–Trinajstić information content (AvgIpc) is 2.35. The molecule has 6 heteroatoms. The van der Waals surface area contributed by atoms with Gasteiger partial charge in [0, 0.05) is 31.6 Å². The van der Waals surface area contributed by atoms with Gasteiger partial charge in [-0.1, -0.05) is 0 Å². The summed E-state index contributed by atoms with van der Waals surface area (Å²) in [5, 5.41) is 2.62. The maximum absolute atomic E-state index is 12.2. The van der Waals surface area contributed by atoms with Crippen LogP contribution >= 0.6 is 0 Å². The highest BCUT2D eigenvalue weighted by Crippen LogP contribution is 2.33. The molecule has 6 nitrogen and oxygen atoms in total. The number of nitrogens with zero attached hydrogens (tertiary/aromatic N) is 1. The Kier molecular flexibility index (Phi) is 4.29. The van der Waals surface area contributed by atoms with Crippen molar-refractivity contribution in [1.82, 2.24) is 10.2 Å². The van der Waals surface area contributed by atoms with Crippen molar-refractivity contribution in [3.8, 4) is 0 Å². The normalized spacial score (nSPS) is 25.5. The SMILES string of the molecule is NC(=O)NCC1CCCN(C(=O)CC2(N)CCC2)C1. The third-order valence-corrected chi connectivity index (χ3v) is 4.29. The first-order valence-corrected chi connectivity index (χ1v) is 7.08. The number of carbonyl (C=O) groups is 2. The highest BCUT2D eigenvalue weighted by Gasteiger charge is 2.36. The van der Waals surface area contributed by atoms with Gasteiger partial charge in [0.1, 0.15) is 0 Å². The third kappa shape index (κ3) is 3.83. The summed E-state index contributed by atoms with van der Waals surface area (Å²) in [4.78, 5) is 24.8. The summed E-state index contributed by atoms with van der Waals surface area (Å²) in [6.07, 6.45) is 5.52. The summed E-state index contributed by atoms with van der Waals surface area (Å²) < 4.78 is 0. The number of nitrogens with two attached hydrogens (primary N) is 2. The Hall–Kier alpha value is -1.30. The van der Waals surface area contributed by atoms with Gasteiger partial charge in [-0.2, -0.15) is 0 Å². The first-order chi connectivity index (χ1) is 8.98. The Morgan fingerprint density at radius 1 is 1.32 bits per heavy atom. The zero-order valence-electron chi connectivity index (χ0n) is 11.4. The molecule has 1 aliphatic carbocycles. The molecule has 0 spiro atoms. The Morgan fingerprint density at radius 2 is 2.05 bits per heavy atom. The van der Waals surface area contributed by atoms with E-state index in [2.05, 4.69) is 5.32 Å². The van der Waals surface area contributed by atoms with E-state index in [0.29, 0.717) is 25.4 Å². The minimum atomic E-state index is -0.501. The number of primary amides is 1. The van der Waals surface area contributed by atoms with Crippen molar-refractivity contribution in [3.63, 3.8) is 0 Å². The summed E-state index contributed by atoms with van der Waals surface area (Å²) >= 11 is 0. The number of rotatable bonds is 4. The van der Waals surface area contributed by atoms with Gasteiger partial charge in [-0.3, -0.25) is 4.79 Å². The van der Waals surface area contributed by atoms with Gasteiger partial charge in [0.15, 0.2) is 0 Å². The summed E-state index contributed by atoms with van der Waals surface area (Å²) in [6.45, 7) is 2.06. The Labute approximate surface area is 113 Å². The first-order valence-electron chi connectivity index (χ1n) is 7.08. The van der Waals surface area contributed by atoms with E-state index in [1.54, 1.807) is 0 Å². The highest BCUT2D eigenvalue weighted by atomic mass is 16.2. The number of hydrogen-bond acceptors (Lipinski definition) is 3. The molecule has 2 aliphatic rings. The van der Waals surface area contributed by atoms with Crippen LogP contribution < -0.4 is 16.8 Å². The van der Waals surface area contributed by atoms with Crippen LogP contribution in [-0.2, 0) is 4.79 Å². The summed E-state index contributed by atoms with van der Waals surface area (Å²) in [6, 6.07) is -0.501. The van der Waals surface area contributed by atoms with E-state index in [9.17, 15) is 9.59 Å². The summed E-state index contributed by atoms with van der Waals surface area (Å²) in [5.41, 5.74) is 10.9. The maximum atomic E-state index is 12.2. The number of piperidine rings is 1. The number of hydrogen-bond donors (Lipinski definition) is 3. The molecule has 0 aromatic rings. The topological polar surface area (TPSA) is 101 Å². The van der Waals surface area contributed by atoms with Gasteiger partial charge in [0.25, 0.3) is 0 Å². The molecule has 0 bridgehead atoms. The first kappa shape index (κ1) is 14.1. The molecule has 19 heavy (non-hydrogen) atoms. The lowest BCUT2D eigenvalue weighted by atomic mass is 9.75. The standard InChI is InChI=1S/C13H24N4O2/c14-12(19)16-8-10-3-1-6-17(9-10)11(18)7-13(15)4-2-5-13/h10H,1-9,15H2,(H3,14,16,19). The molecule has 1 atom stereocenters. The summed E-state index contributed by atoms with van der Waals surface area (Å²) in [7, 11) is 0. The Bertz CT molecular complexity index is 355. The molecule has 0 aromatic carbocycles. The Morgan fingerprint density at radius 3 is 2.63 bits per heavy atom. The fourth-order valence-corrected chi connectivity index (χ4v) is 2.92. The van der Waals surface area contributed by atoms with Crippen LogP contribution in [0, 0.1) is 5.92 Å². The minimum Gasteiger partial charge on any atom is -0.352 e. The van der Waals surface area contributed by atoms with Crippen molar-refractivity contribution in [2.24, 2.45) is 17.4 Å². The van der Waals surface area contributed by atoms with E-state index < -0.39 is 6.03 Å². The van der Waals surface area contributed by atoms with Crippen molar-refractivity contribution < 1.29 is 9.59 Å². The summed E-state index contributed by atoms with van der Waals surface area (Å²) in [5.74, 6) is 0.464.